The number of aliphatic hydroxyl groups excluding tert-OH is 1. The van der Waals surface area contributed by atoms with Crippen molar-refractivity contribution in [2.45, 2.75) is 0 Å². The van der Waals surface area contributed by atoms with Crippen LogP contribution in [-0.4, -0.2) is 74.0 Å². The average molecular weight is 323 g/mol. The summed E-state index contributed by atoms with van der Waals surface area (Å²) in [6.45, 7) is 6.99. The van der Waals surface area contributed by atoms with E-state index in [-0.39, 0.29) is 6.61 Å². The molecule has 2 rings (SSSR count). The van der Waals surface area contributed by atoms with Crippen LogP contribution >= 0.6 is 11.6 Å². The maximum atomic E-state index is 9.18. The summed E-state index contributed by atoms with van der Waals surface area (Å²) in [5.41, 5.74) is 0.960. The third-order valence-electron chi connectivity index (χ3n) is 3.63. The first-order chi connectivity index (χ1) is 10.8. The number of hydrogen-bond donors (Lipinski definition) is 1. The Morgan fingerprint density at radius 2 is 1.91 bits per heavy atom. The van der Waals surface area contributed by atoms with Gasteiger partial charge in [0.25, 0.3) is 0 Å². The van der Waals surface area contributed by atoms with Crippen molar-refractivity contribution in [2.24, 2.45) is 0 Å². The topological polar surface area (TPSA) is 35.9 Å². The molecule has 0 amide bonds. The number of hydrogen-bond acceptors (Lipinski definition) is 4. The van der Waals surface area contributed by atoms with Crippen LogP contribution in [0, 0.1) is 11.8 Å². The molecule has 1 aliphatic heterocycles. The summed E-state index contributed by atoms with van der Waals surface area (Å²) in [5.74, 6) is 6.31. The van der Waals surface area contributed by atoms with Gasteiger partial charge in [-0.1, -0.05) is 23.4 Å². The van der Waals surface area contributed by atoms with Gasteiger partial charge >= 0.3 is 0 Å². The van der Waals surface area contributed by atoms with Gasteiger partial charge in [0.2, 0.25) is 0 Å². The molecule has 0 aliphatic carbocycles. The second-order valence-electron chi connectivity index (χ2n) is 5.26. The standard InChI is InChI=1S/C17H23ClN2O2/c18-17-5-3-16(4-6-17)2-1-7-19(10-13-21)8-9-20-11-14-22-15-12-20/h3-6,21H,7-15H2. The predicted molar refractivity (Wildman–Crippen MR) is 89.1 cm³/mol. The second-order valence-corrected chi connectivity index (χ2v) is 5.70. The molecule has 1 heterocycles. The van der Waals surface area contributed by atoms with Crippen LogP contribution in [0.25, 0.3) is 0 Å². The second kappa shape index (κ2) is 9.83. The number of halogens is 1. The number of benzene rings is 1. The Hall–Kier alpha value is -1.09. The van der Waals surface area contributed by atoms with Crippen LogP contribution in [0.15, 0.2) is 24.3 Å². The lowest BCUT2D eigenvalue weighted by molar-refractivity contribution is 0.0332. The summed E-state index contributed by atoms with van der Waals surface area (Å²) >= 11 is 5.85. The van der Waals surface area contributed by atoms with Gasteiger partial charge in [0.1, 0.15) is 0 Å². The fourth-order valence-electron chi connectivity index (χ4n) is 2.31. The first-order valence-corrected chi connectivity index (χ1v) is 8.03. The number of morpholine rings is 1. The summed E-state index contributed by atoms with van der Waals surface area (Å²) in [4.78, 5) is 4.57. The minimum absolute atomic E-state index is 0.158. The zero-order valence-corrected chi connectivity index (χ0v) is 13.6. The Bertz CT molecular complexity index is 490. The minimum Gasteiger partial charge on any atom is -0.395 e. The average Bonchev–Trinajstić information content (AvgIpc) is 2.55. The Morgan fingerprint density at radius 1 is 1.18 bits per heavy atom. The Labute approximate surface area is 137 Å². The van der Waals surface area contributed by atoms with Gasteiger partial charge < -0.3 is 9.84 Å². The summed E-state index contributed by atoms with van der Waals surface area (Å²) < 4.78 is 5.35. The number of aliphatic hydroxyl groups is 1. The Balaban J connectivity index is 1.79. The van der Waals surface area contributed by atoms with Crippen LogP contribution in [0.2, 0.25) is 5.02 Å². The lowest BCUT2D eigenvalue weighted by Gasteiger charge is -2.29. The van der Waals surface area contributed by atoms with Crippen molar-refractivity contribution in [1.29, 1.82) is 0 Å². The highest BCUT2D eigenvalue weighted by Crippen LogP contribution is 2.08. The first kappa shape index (κ1) is 17.3. The molecule has 1 aromatic carbocycles. The van der Waals surface area contributed by atoms with E-state index < -0.39 is 0 Å². The van der Waals surface area contributed by atoms with E-state index in [1.165, 1.54) is 0 Å². The van der Waals surface area contributed by atoms with E-state index in [0.717, 1.165) is 50.0 Å². The van der Waals surface area contributed by atoms with Gasteiger partial charge in [-0.25, -0.2) is 0 Å². The number of nitrogens with zero attached hydrogens (tertiary/aromatic N) is 2. The van der Waals surface area contributed by atoms with Gasteiger partial charge in [0.15, 0.2) is 0 Å². The highest BCUT2D eigenvalue weighted by atomic mass is 35.5. The molecule has 1 saturated heterocycles. The summed E-state index contributed by atoms with van der Waals surface area (Å²) in [6, 6.07) is 7.52. The molecule has 0 spiro atoms. The summed E-state index contributed by atoms with van der Waals surface area (Å²) in [7, 11) is 0. The highest BCUT2D eigenvalue weighted by molar-refractivity contribution is 6.30. The van der Waals surface area contributed by atoms with Crippen LogP contribution in [0.1, 0.15) is 5.56 Å². The van der Waals surface area contributed by atoms with E-state index >= 15 is 0 Å². The highest BCUT2D eigenvalue weighted by Gasteiger charge is 2.11. The van der Waals surface area contributed by atoms with Crippen molar-refractivity contribution < 1.29 is 9.84 Å². The molecular formula is C17H23ClN2O2. The van der Waals surface area contributed by atoms with Gasteiger partial charge in [0.05, 0.1) is 26.4 Å². The third kappa shape index (κ3) is 6.35. The summed E-state index contributed by atoms with van der Waals surface area (Å²) in [5, 5.41) is 9.90. The number of rotatable bonds is 6. The van der Waals surface area contributed by atoms with E-state index in [0.29, 0.717) is 13.1 Å². The normalized spacial score (nSPS) is 15.6. The van der Waals surface area contributed by atoms with Gasteiger partial charge in [-0.15, -0.1) is 0 Å². The zero-order chi connectivity index (χ0) is 15.6. The van der Waals surface area contributed by atoms with Crippen molar-refractivity contribution in [1.82, 2.24) is 9.80 Å². The van der Waals surface area contributed by atoms with Crippen LogP contribution in [0.5, 0.6) is 0 Å². The Morgan fingerprint density at radius 3 is 2.59 bits per heavy atom. The van der Waals surface area contributed by atoms with Crippen LogP contribution in [0.4, 0.5) is 0 Å². The van der Waals surface area contributed by atoms with E-state index in [1.807, 2.05) is 24.3 Å². The molecule has 0 saturated carbocycles. The molecule has 22 heavy (non-hydrogen) atoms. The van der Waals surface area contributed by atoms with Gasteiger partial charge in [-0.3, -0.25) is 9.80 Å². The van der Waals surface area contributed by atoms with E-state index in [2.05, 4.69) is 21.6 Å². The summed E-state index contributed by atoms with van der Waals surface area (Å²) in [6.07, 6.45) is 0. The van der Waals surface area contributed by atoms with Crippen molar-refractivity contribution in [3.63, 3.8) is 0 Å². The molecule has 5 heteroatoms. The number of ether oxygens (including phenoxy) is 1. The lowest BCUT2D eigenvalue weighted by Crippen LogP contribution is -2.42. The molecule has 1 aliphatic rings. The fourth-order valence-corrected chi connectivity index (χ4v) is 2.43. The van der Waals surface area contributed by atoms with E-state index in [1.54, 1.807) is 0 Å². The molecule has 4 nitrogen and oxygen atoms in total. The van der Waals surface area contributed by atoms with E-state index in [4.69, 9.17) is 16.3 Å². The van der Waals surface area contributed by atoms with Crippen molar-refractivity contribution >= 4 is 11.6 Å². The van der Waals surface area contributed by atoms with Gasteiger partial charge in [-0.05, 0) is 24.3 Å². The van der Waals surface area contributed by atoms with Gasteiger partial charge in [-0.2, -0.15) is 0 Å². The molecule has 0 aromatic heterocycles. The SMILES string of the molecule is OCCN(CC#Cc1ccc(Cl)cc1)CCN1CCOCC1. The predicted octanol–water partition coefficient (Wildman–Crippen LogP) is 1.32. The molecule has 0 radical (unpaired) electrons. The smallest absolute Gasteiger partial charge is 0.0606 e. The van der Waals surface area contributed by atoms with Crippen LogP contribution in [-0.2, 0) is 4.74 Å². The van der Waals surface area contributed by atoms with Crippen LogP contribution in [0.3, 0.4) is 0 Å². The quantitative estimate of drug-likeness (QED) is 0.801. The lowest BCUT2D eigenvalue weighted by atomic mass is 10.2. The van der Waals surface area contributed by atoms with Crippen molar-refractivity contribution in [3.05, 3.63) is 34.9 Å². The molecule has 1 aromatic rings. The molecule has 120 valence electrons. The first-order valence-electron chi connectivity index (χ1n) is 7.65. The molecular weight excluding hydrogens is 300 g/mol. The molecule has 1 fully saturated rings. The maximum Gasteiger partial charge on any atom is 0.0606 e. The fraction of sp³-hybridized carbons (Fsp3) is 0.529. The molecule has 0 bridgehead atoms. The minimum atomic E-state index is 0.158. The molecule has 0 atom stereocenters. The zero-order valence-electron chi connectivity index (χ0n) is 12.8. The largest absolute Gasteiger partial charge is 0.395 e. The third-order valence-corrected chi connectivity index (χ3v) is 3.88. The Kier molecular flexibility index (Phi) is 7.72. The van der Waals surface area contributed by atoms with Crippen LogP contribution < -0.4 is 0 Å². The van der Waals surface area contributed by atoms with Gasteiger partial charge in [0, 0.05) is 43.3 Å². The molecule has 1 N–H and O–H groups in total. The molecule has 0 unspecified atom stereocenters. The maximum absolute atomic E-state index is 9.18. The van der Waals surface area contributed by atoms with Crippen molar-refractivity contribution in [3.8, 4) is 11.8 Å². The monoisotopic (exact) mass is 322 g/mol. The van der Waals surface area contributed by atoms with Crippen molar-refractivity contribution in [2.75, 3.05) is 59.1 Å². The van der Waals surface area contributed by atoms with E-state index in [9.17, 15) is 5.11 Å².